The van der Waals surface area contributed by atoms with Gasteiger partial charge in [-0.15, -0.1) is 0 Å². The first kappa shape index (κ1) is 11.3. The summed E-state index contributed by atoms with van der Waals surface area (Å²) < 4.78 is 0. The smallest absolute Gasteiger partial charge is 0.0317 e. The van der Waals surface area contributed by atoms with Crippen molar-refractivity contribution in [3.05, 3.63) is 35.5 Å². The van der Waals surface area contributed by atoms with Gasteiger partial charge in [-0.25, -0.2) is 0 Å². The lowest BCUT2D eigenvalue weighted by molar-refractivity contribution is 0.643. The molecule has 0 nitrogen and oxygen atoms in total. The van der Waals surface area contributed by atoms with E-state index in [1.165, 1.54) is 44.1 Å². The Labute approximate surface area is 88.4 Å². The van der Waals surface area contributed by atoms with Gasteiger partial charge < -0.3 is 0 Å². The summed E-state index contributed by atoms with van der Waals surface area (Å²) >= 11 is 0. The summed E-state index contributed by atoms with van der Waals surface area (Å²) in [6.45, 7) is 4.47. The summed E-state index contributed by atoms with van der Waals surface area (Å²) in [4.78, 5) is 0. The molecule has 14 heavy (non-hydrogen) atoms. The molecule has 0 aromatic heterocycles. The van der Waals surface area contributed by atoms with E-state index in [0.29, 0.717) is 0 Å². The third kappa shape index (κ3) is 4.45. The fourth-order valence-corrected chi connectivity index (χ4v) is 1.72. The minimum atomic E-state index is 1.24. The molecular weight excluding hydrogens is 168 g/mol. The number of rotatable bonds is 0. The maximum absolute atomic E-state index is 2.28. The largest absolute Gasteiger partial charge is 0.0845 e. The molecule has 1 rings (SSSR count). The van der Waals surface area contributed by atoms with Crippen molar-refractivity contribution in [1.82, 2.24) is 0 Å². The van der Waals surface area contributed by atoms with Crippen LogP contribution in [0.15, 0.2) is 35.5 Å². The molecule has 78 valence electrons. The Bertz CT molecular complexity index is 241. The van der Waals surface area contributed by atoms with Crippen molar-refractivity contribution in [2.45, 2.75) is 52.4 Å². The Balaban J connectivity index is 2.61. The summed E-state index contributed by atoms with van der Waals surface area (Å²) in [6.07, 6.45) is 16.9. The van der Waals surface area contributed by atoms with Gasteiger partial charge in [0.25, 0.3) is 0 Å². The minimum absolute atomic E-state index is 1.24. The first-order valence-corrected chi connectivity index (χ1v) is 5.80. The fourth-order valence-electron chi connectivity index (χ4n) is 1.72. The lowest BCUT2D eigenvalue weighted by Gasteiger charge is -2.05. The van der Waals surface area contributed by atoms with Crippen LogP contribution in [0.3, 0.4) is 0 Å². The van der Waals surface area contributed by atoms with Crippen LogP contribution >= 0.6 is 0 Å². The van der Waals surface area contributed by atoms with Crippen LogP contribution in [0.2, 0.25) is 0 Å². The van der Waals surface area contributed by atoms with E-state index in [9.17, 15) is 0 Å². The summed E-state index contributed by atoms with van der Waals surface area (Å²) in [5.74, 6) is 0. The van der Waals surface area contributed by atoms with Crippen LogP contribution in [0.4, 0.5) is 0 Å². The van der Waals surface area contributed by atoms with Crippen molar-refractivity contribution in [3.63, 3.8) is 0 Å². The second-order valence-corrected chi connectivity index (χ2v) is 4.20. The molecule has 0 heteroatoms. The topological polar surface area (TPSA) is 0 Å². The van der Waals surface area contributed by atoms with E-state index in [1.54, 1.807) is 5.57 Å². The van der Waals surface area contributed by atoms with Crippen LogP contribution in [0, 0.1) is 0 Å². The molecule has 1 aliphatic rings. The molecule has 0 saturated carbocycles. The molecule has 0 radical (unpaired) electrons. The molecule has 0 unspecified atom stereocenters. The summed E-state index contributed by atoms with van der Waals surface area (Å²) in [5, 5.41) is 0. The van der Waals surface area contributed by atoms with Crippen LogP contribution in [0.1, 0.15) is 52.4 Å². The van der Waals surface area contributed by atoms with Gasteiger partial charge in [0.15, 0.2) is 0 Å². The van der Waals surface area contributed by atoms with Crippen LogP contribution in [0.25, 0.3) is 0 Å². The van der Waals surface area contributed by atoms with Gasteiger partial charge in [-0.05, 0) is 39.5 Å². The zero-order chi connectivity index (χ0) is 10.2. The monoisotopic (exact) mass is 190 g/mol. The highest BCUT2D eigenvalue weighted by molar-refractivity contribution is 5.25. The van der Waals surface area contributed by atoms with Gasteiger partial charge in [-0.3, -0.25) is 0 Å². The van der Waals surface area contributed by atoms with Gasteiger partial charge in [0.2, 0.25) is 0 Å². The highest BCUT2D eigenvalue weighted by Crippen LogP contribution is 2.15. The SMILES string of the molecule is CC1=C(\C)CCCCCC\C=C/C=C\1. The van der Waals surface area contributed by atoms with Crippen LogP contribution < -0.4 is 0 Å². The Morgan fingerprint density at radius 1 is 0.929 bits per heavy atom. The molecule has 0 fully saturated rings. The Hall–Kier alpha value is -0.780. The van der Waals surface area contributed by atoms with Gasteiger partial charge >= 0.3 is 0 Å². The molecule has 0 saturated heterocycles. The van der Waals surface area contributed by atoms with Crippen LogP contribution in [0.5, 0.6) is 0 Å². The van der Waals surface area contributed by atoms with Crippen LogP contribution in [-0.2, 0) is 0 Å². The average Bonchev–Trinajstić information content (AvgIpc) is 2.18. The first-order valence-electron chi connectivity index (χ1n) is 5.80. The standard InChI is InChI=1S/C14H22/c1-13-11-9-7-5-3-4-6-8-10-12-14(13)2/h5,7,9,11H,3-4,6,8,10,12H2,1-2H3/b7-5-,11-9-,14-13-. The average molecular weight is 190 g/mol. The predicted molar refractivity (Wildman–Crippen MR) is 64.4 cm³/mol. The number of allylic oxidation sites excluding steroid dienone is 6. The molecule has 0 bridgehead atoms. The third-order valence-electron chi connectivity index (χ3n) is 2.94. The van der Waals surface area contributed by atoms with E-state index in [0.717, 1.165) is 0 Å². The second-order valence-electron chi connectivity index (χ2n) is 4.20. The zero-order valence-electron chi connectivity index (χ0n) is 9.55. The van der Waals surface area contributed by atoms with E-state index in [4.69, 9.17) is 0 Å². The first-order chi connectivity index (χ1) is 6.80. The van der Waals surface area contributed by atoms with E-state index >= 15 is 0 Å². The van der Waals surface area contributed by atoms with Crippen molar-refractivity contribution in [1.29, 1.82) is 0 Å². The van der Waals surface area contributed by atoms with Crippen molar-refractivity contribution >= 4 is 0 Å². The van der Waals surface area contributed by atoms with Crippen LogP contribution in [-0.4, -0.2) is 0 Å². The van der Waals surface area contributed by atoms with Gasteiger partial charge in [-0.2, -0.15) is 0 Å². The minimum Gasteiger partial charge on any atom is -0.0845 e. The molecule has 0 aromatic rings. The highest BCUT2D eigenvalue weighted by atomic mass is 14.0. The van der Waals surface area contributed by atoms with E-state index in [1.807, 2.05) is 0 Å². The summed E-state index contributed by atoms with van der Waals surface area (Å²) in [5.41, 5.74) is 2.99. The second kappa shape index (κ2) is 6.64. The molecule has 0 amide bonds. The Morgan fingerprint density at radius 2 is 1.71 bits per heavy atom. The lowest BCUT2D eigenvalue weighted by atomic mass is 10.0. The van der Waals surface area contributed by atoms with E-state index in [2.05, 4.69) is 38.2 Å². The summed E-state index contributed by atoms with van der Waals surface area (Å²) in [7, 11) is 0. The third-order valence-corrected chi connectivity index (χ3v) is 2.94. The molecule has 0 N–H and O–H groups in total. The van der Waals surface area contributed by atoms with Crippen molar-refractivity contribution in [2.24, 2.45) is 0 Å². The predicted octanol–water partition coefficient (Wildman–Crippen LogP) is 4.79. The van der Waals surface area contributed by atoms with Gasteiger partial charge in [0, 0.05) is 0 Å². The lowest BCUT2D eigenvalue weighted by Crippen LogP contribution is -1.85. The summed E-state index contributed by atoms with van der Waals surface area (Å²) in [6, 6.07) is 0. The maximum atomic E-state index is 2.28. The number of hydrogen-bond donors (Lipinski definition) is 0. The van der Waals surface area contributed by atoms with E-state index in [-0.39, 0.29) is 0 Å². The maximum Gasteiger partial charge on any atom is -0.0317 e. The molecule has 0 aliphatic heterocycles. The quantitative estimate of drug-likeness (QED) is 0.515. The Morgan fingerprint density at radius 3 is 2.57 bits per heavy atom. The molecule has 0 aromatic carbocycles. The van der Waals surface area contributed by atoms with Gasteiger partial charge in [-0.1, -0.05) is 48.3 Å². The molecule has 0 heterocycles. The Kier molecular flexibility index (Phi) is 5.36. The van der Waals surface area contributed by atoms with Gasteiger partial charge in [0.05, 0.1) is 0 Å². The number of hydrogen-bond acceptors (Lipinski definition) is 0. The molecular formula is C14H22. The molecule has 0 spiro atoms. The molecule has 0 atom stereocenters. The van der Waals surface area contributed by atoms with Crippen molar-refractivity contribution < 1.29 is 0 Å². The van der Waals surface area contributed by atoms with E-state index < -0.39 is 0 Å². The fraction of sp³-hybridized carbons (Fsp3) is 0.571. The van der Waals surface area contributed by atoms with Crippen molar-refractivity contribution in [2.75, 3.05) is 0 Å². The van der Waals surface area contributed by atoms with Gasteiger partial charge in [0.1, 0.15) is 0 Å². The molecule has 1 aliphatic carbocycles. The zero-order valence-corrected chi connectivity index (χ0v) is 9.55. The van der Waals surface area contributed by atoms with Crippen molar-refractivity contribution in [3.8, 4) is 0 Å². The highest BCUT2D eigenvalue weighted by Gasteiger charge is 1.95. The normalized spacial score (nSPS) is 30.1.